The zero-order chi connectivity index (χ0) is 13.0. The van der Waals surface area contributed by atoms with E-state index in [2.05, 4.69) is 0 Å². The number of likely N-dealkylation sites (tertiary alicyclic amines) is 1. The SMILES string of the molecule is COC(=O)[C@H]1CCCN(C(=O)Cc2ccsc2)C1. The summed E-state index contributed by atoms with van der Waals surface area (Å²) in [5.41, 5.74) is 1.05. The Kier molecular flexibility index (Phi) is 4.36. The van der Waals surface area contributed by atoms with Gasteiger partial charge in [-0.3, -0.25) is 9.59 Å². The summed E-state index contributed by atoms with van der Waals surface area (Å²) in [4.78, 5) is 25.4. The van der Waals surface area contributed by atoms with Crippen LogP contribution < -0.4 is 0 Å². The first kappa shape index (κ1) is 13.1. The minimum Gasteiger partial charge on any atom is -0.469 e. The molecule has 1 aliphatic heterocycles. The van der Waals surface area contributed by atoms with Gasteiger partial charge in [0.1, 0.15) is 0 Å². The molecule has 0 radical (unpaired) electrons. The van der Waals surface area contributed by atoms with Gasteiger partial charge in [-0.1, -0.05) is 0 Å². The van der Waals surface area contributed by atoms with Crippen LogP contribution in [0.2, 0.25) is 0 Å². The molecular formula is C13H17NO3S. The molecule has 0 spiro atoms. The molecule has 0 unspecified atom stereocenters. The number of amides is 1. The Morgan fingerprint density at radius 3 is 3.06 bits per heavy atom. The fraction of sp³-hybridized carbons (Fsp3) is 0.538. The van der Waals surface area contributed by atoms with E-state index in [1.165, 1.54) is 7.11 Å². The number of carbonyl (C=O) groups excluding carboxylic acids is 2. The van der Waals surface area contributed by atoms with Crippen LogP contribution in [0.1, 0.15) is 18.4 Å². The lowest BCUT2D eigenvalue weighted by Crippen LogP contribution is -2.43. The molecule has 0 aromatic carbocycles. The van der Waals surface area contributed by atoms with Crippen LogP contribution in [-0.2, 0) is 20.7 Å². The summed E-state index contributed by atoms with van der Waals surface area (Å²) in [6, 6.07) is 1.96. The predicted molar refractivity (Wildman–Crippen MR) is 69.3 cm³/mol. The van der Waals surface area contributed by atoms with Crippen LogP contribution in [-0.4, -0.2) is 37.0 Å². The normalized spacial score (nSPS) is 19.6. The Hall–Kier alpha value is -1.36. The molecule has 98 valence electrons. The average Bonchev–Trinajstić information content (AvgIpc) is 2.90. The maximum absolute atomic E-state index is 12.1. The van der Waals surface area contributed by atoms with E-state index in [4.69, 9.17) is 4.74 Å². The molecule has 0 aliphatic carbocycles. The zero-order valence-corrected chi connectivity index (χ0v) is 11.2. The largest absolute Gasteiger partial charge is 0.469 e. The summed E-state index contributed by atoms with van der Waals surface area (Å²) in [5, 5.41) is 3.95. The van der Waals surface area contributed by atoms with Gasteiger partial charge in [0.15, 0.2) is 0 Å². The van der Waals surface area contributed by atoms with Crippen molar-refractivity contribution < 1.29 is 14.3 Å². The van der Waals surface area contributed by atoms with Crippen LogP contribution in [0, 0.1) is 5.92 Å². The van der Waals surface area contributed by atoms with Crippen molar-refractivity contribution in [2.45, 2.75) is 19.3 Å². The summed E-state index contributed by atoms with van der Waals surface area (Å²) < 4.78 is 4.75. The minimum absolute atomic E-state index is 0.0991. The van der Waals surface area contributed by atoms with E-state index in [9.17, 15) is 9.59 Å². The standard InChI is InChI=1S/C13H17NO3S/c1-17-13(16)11-3-2-5-14(8-11)12(15)7-10-4-6-18-9-10/h4,6,9,11H,2-3,5,7-8H2,1H3/t11-/m0/s1. The number of ether oxygens (including phenoxy) is 1. The van der Waals surface area contributed by atoms with Crippen molar-refractivity contribution in [3.63, 3.8) is 0 Å². The highest BCUT2D eigenvalue weighted by molar-refractivity contribution is 7.07. The number of thiophene rings is 1. The van der Waals surface area contributed by atoms with E-state index >= 15 is 0 Å². The molecular weight excluding hydrogens is 250 g/mol. The van der Waals surface area contributed by atoms with Gasteiger partial charge in [0.05, 0.1) is 19.4 Å². The lowest BCUT2D eigenvalue weighted by Gasteiger charge is -2.31. The topological polar surface area (TPSA) is 46.6 Å². The van der Waals surface area contributed by atoms with Crippen LogP contribution >= 0.6 is 11.3 Å². The second kappa shape index (κ2) is 6.00. The third-order valence-electron chi connectivity index (χ3n) is 3.24. The number of methoxy groups -OCH3 is 1. The molecule has 2 heterocycles. The molecule has 1 atom stereocenters. The first-order chi connectivity index (χ1) is 8.70. The van der Waals surface area contributed by atoms with Gasteiger partial charge >= 0.3 is 5.97 Å². The highest BCUT2D eigenvalue weighted by atomic mass is 32.1. The molecule has 4 nitrogen and oxygen atoms in total. The van der Waals surface area contributed by atoms with Crippen LogP contribution in [0.25, 0.3) is 0 Å². The lowest BCUT2D eigenvalue weighted by molar-refractivity contribution is -0.148. The smallest absolute Gasteiger partial charge is 0.310 e. The van der Waals surface area contributed by atoms with Crippen LogP contribution in [0.3, 0.4) is 0 Å². The molecule has 0 saturated carbocycles. The van der Waals surface area contributed by atoms with E-state index in [0.29, 0.717) is 13.0 Å². The maximum atomic E-state index is 12.1. The molecule has 1 aromatic heterocycles. The Balaban J connectivity index is 1.92. The molecule has 1 aromatic rings. The predicted octanol–water partition coefficient (Wildman–Crippen LogP) is 1.70. The van der Waals surface area contributed by atoms with Crippen LogP contribution in [0.5, 0.6) is 0 Å². The molecule has 1 amide bonds. The van der Waals surface area contributed by atoms with E-state index in [1.54, 1.807) is 16.2 Å². The summed E-state index contributed by atoms with van der Waals surface area (Å²) in [6.45, 7) is 1.24. The molecule has 0 bridgehead atoms. The van der Waals surface area contributed by atoms with E-state index in [0.717, 1.165) is 24.9 Å². The van der Waals surface area contributed by atoms with Crippen LogP contribution in [0.15, 0.2) is 16.8 Å². The third-order valence-corrected chi connectivity index (χ3v) is 3.98. The monoisotopic (exact) mass is 267 g/mol. The summed E-state index contributed by atoms with van der Waals surface area (Å²) >= 11 is 1.59. The molecule has 1 fully saturated rings. The summed E-state index contributed by atoms with van der Waals surface area (Å²) in [7, 11) is 1.40. The van der Waals surface area contributed by atoms with Crippen molar-refractivity contribution in [1.29, 1.82) is 0 Å². The molecule has 2 rings (SSSR count). The Labute approximate surface area is 111 Å². The quantitative estimate of drug-likeness (QED) is 0.783. The summed E-state index contributed by atoms with van der Waals surface area (Å²) in [6.07, 6.45) is 2.11. The molecule has 1 aliphatic rings. The molecule has 5 heteroatoms. The van der Waals surface area contributed by atoms with Gasteiger partial charge in [-0.15, -0.1) is 0 Å². The molecule has 1 saturated heterocycles. The number of rotatable bonds is 3. The van der Waals surface area contributed by atoms with Crippen molar-refractivity contribution in [3.05, 3.63) is 22.4 Å². The highest BCUT2D eigenvalue weighted by Crippen LogP contribution is 2.19. The van der Waals surface area contributed by atoms with Crippen molar-refractivity contribution in [3.8, 4) is 0 Å². The number of hydrogen-bond acceptors (Lipinski definition) is 4. The maximum Gasteiger partial charge on any atom is 0.310 e. The second-order valence-corrected chi connectivity index (χ2v) is 5.29. The first-order valence-corrected chi connectivity index (χ1v) is 7.01. The fourth-order valence-electron chi connectivity index (χ4n) is 2.24. The molecule has 0 N–H and O–H groups in total. The van der Waals surface area contributed by atoms with Crippen molar-refractivity contribution >= 4 is 23.2 Å². The van der Waals surface area contributed by atoms with Gasteiger partial charge in [-0.2, -0.15) is 11.3 Å². The summed E-state index contributed by atoms with van der Waals surface area (Å²) in [5.74, 6) is -0.264. The van der Waals surface area contributed by atoms with Gasteiger partial charge in [-0.25, -0.2) is 0 Å². The average molecular weight is 267 g/mol. The van der Waals surface area contributed by atoms with E-state index in [-0.39, 0.29) is 17.8 Å². The van der Waals surface area contributed by atoms with Gasteiger partial charge in [0.2, 0.25) is 5.91 Å². The van der Waals surface area contributed by atoms with Crippen LogP contribution in [0.4, 0.5) is 0 Å². The van der Waals surface area contributed by atoms with Gasteiger partial charge in [0.25, 0.3) is 0 Å². The number of esters is 1. The third kappa shape index (κ3) is 3.10. The number of nitrogens with zero attached hydrogens (tertiary/aromatic N) is 1. The van der Waals surface area contributed by atoms with Gasteiger partial charge in [-0.05, 0) is 35.2 Å². The first-order valence-electron chi connectivity index (χ1n) is 6.07. The number of carbonyl (C=O) groups is 2. The Morgan fingerprint density at radius 2 is 2.39 bits per heavy atom. The number of hydrogen-bond donors (Lipinski definition) is 0. The van der Waals surface area contributed by atoms with Crippen molar-refractivity contribution in [2.24, 2.45) is 5.92 Å². The van der Waals surface area contributed by atoms with E-state index in [1.807, 2.05) is 16.8 Å². The van der Waals surface area contributed by atoms with Gasteiger partial charge in [0, 0.05) is 13.1 Å². The van der Waals surface area contributed by atoms with E-state index < -0.39 is 0 Å². The van der Waals surface area contributed by atoms with Crippen molar-refractivity contribution in [2.75, 3.05) is 20.2 Å². The molecule has 18 heavy (non-hydrogen) atoms. The van der Waals surface area contributed by atoms with Gasteiger partial charge < -0.3 is 9.64 Å². The highest BCUT2D eigenvalue weighted by Gasteiger charge is 2.28. The lowest BCUT2D eigenvalue weighted by atomic mass is 9.98. The zero-order valence-electron chi connectivity index (χ0n) is 10.4. The Morgan fingerprint density at radius 1 is 1.56 bits per heavy atom. The number of piperidine rings is 1. The minimum atomic E-state index is -0.206. The second-order valence-electron chi connectivity index (χ2n) is 4.51. The van der Waals surface area contributed by atoms with Crippen molar-refractivity contribution in [1.82, 2.24) is 4.90 Å². The fourth-order valence-corrected chi connectivity index (χ4v) is 2.91. The Bertz CT molecular complexity index is 416.